The summed E-state index contributed by atoms with van der Waals surface area (Å²) >= 11 is 0. The molecule has 5 nitrogen and oxygen atoms in total. The van der Waals surface area contributed by atoms with E-state index in [-0.39, 0.29) is 0 Å². The Morgan fingerprint density at radius 1 is 0.458 bits per heavy atom. The molecule has 0 atom stereocenters. The quantitative estimate of drug-likeness (QED) is 0.175. The van der Waals surface area contributed by atoms with Crippen LogP contribution in [0.3, 0.4) is 0 Å². The van der Waals surface area contributed by atoms with Gasteiger partial charge in [-0.2, -0.15) is 0 Å². The zero-order valence-corrected chi connectivity index (χ0v) is 26.0. The van der Waals surface area contributed by atoms with Gasteiger partial charge in [-0.3, -0.25) is 14.4 Å². The third kappa shape index (κ3) is 4.86. The van der Waals surface area contributed by atoms with Crippen molar-refractivity contribution in [1.29, 1.82) is 0 Å². The number of aromatic nitrogens is 4. The molecule has 0 unspecified atom stereocenters. The normalized spacial score (nSPS) is 11.3. The number of nitrogens with zero attached hydrogens (tertiary/aromatic N) is 5. The molecular weight excluding hydrogens is 587 g/mol. The van der Waals surface area contributed by atoms with Crippen LogP contribution in [0.25, 0.3) is 61.1 Å². The molecule has 0 spiro atoms. The lowest BCUT2D eigenvalue weighted by molar-refractivity contribution is 1.19. The summed E-state index contributed by atoms with van der Waals surface area (Å²) in [5, 5.41) is 2.17. The van der Waals surface area contributed by atoms with E-state index in [4.69, 9.17) is 9.97 Å². The van der Waals surface area contributed by atoms with Gasteiger partial charge < -0.3 is 4.90 Å². The SMILES string of the molecule is c1ccc(-c2c(-c3ccc(N(c4ccccc4)c4ccc(-c5cnc6c(ccc7cccnc76)c5)cc4)cc3)nc3ccccn23)cc1. The molecule has 9 aromatic rings. The molecule has 0 fully saturated rings. The van der Waals surface area contributed by atoms with E-state index in [1.54, 1.807) is 0 Å². The molecule has 0 aliphatic carbocycles. The highest BCUT2D eigenvalue weighted by Gasteiger charge is 2.18. The Balaban J connectivity index is 1.08. The van der Waals surface area contributed by atoms with E-state index in [2.05, 4.69) is 148 Å². The van der Waals surface area contributed by atoms with E-state index in [1.807, 2.05) is 42.7 Å². The Morgan fingerprint density at radius 3 is 1.88 bits per heavy atom. The Bertz CT molecular complexity index is 2540. The summed E-state index contributed by atoms with van der Waals surface area (Å²) in [7, 11) is 0. The van der Waals surface area contributed by atoms with E-state index in [1.165, 1.54) is 0 Å². The van der Waals surface area contributed by atoms with Crippen LogP contribution in [0.2, 0.25) is 0 Å². The molecule has 0 bridgehead atoms. The van der Waals surface area contributed by atoms with Gasteiger partial charge in [0.05, 0.1) is 22.4 Å². The van der Waals surface area contributed by atoms with E-state index in [0.29, 0.717) is 0 Å². The van der Waals surface area contributed by atoms with Crippen molar-refractivity contribution in [2.24, 2.45) is 0 Å². The molecule has 0 amide bonds. The molecule has 0 radical (unpaired) electrons. The zero-order chi connectivity index (χ0) is 31.9. The lowest BCUT2D eigenvalue weighted by Crippen LogP contribution is -2.09. The number of hydrogen-bond donors (Lipinski definition) is 0. The summed E-state index contributed by atoms with van der Waals surface area (Å²) in [5.74, 6) is 0. The van der Waals surface area contributed by atoms with Gasteiger partial charge in [-0.05, 0) is 66.2 Å². The maximum absolute atomic E-state index is 5.06. The van der Waals surface area contributed by atoms with Crippen molar-refractivity contribution in [3.8, 4) is 33.6 Å². The van der Waals surface area contributed by atoms with Crippen molar-refractivity contribution in [2.45, 2.75) is 0 Å². The van der Waals surface area contributed by atoms with Crippen LogP contribution in [0.4, 0.5) is 17.1 Å². The number of hydrogen-bond acceptors (Lipinski definition) is 4. The summed E-state index contributed by atoms with van der Waals surface area (Å²) in [6, 6.07) is 55.0. The number of rotatable bonds is 6. The van der Waals surface area contributed by atoms with Gasteiger partial charge in [0, 0.05) is 63.1 Å². The van der Waals surface area contributed by atoms with Crippen molar-refractivity contribution in [3.63, 3.8) is 0 Å². The Labute approximate surface area is 278 Å². The maximum atomic E-state index is 5.06. The van der Waals surface area contributed by atoms with E-state index in [9.17, 15) is 0 Å². The van der Waals surface area contributed by atoms with E-state index >= 15 is 0 Å². The minimum absolute atomic E-state index is 0.923. The molecule has 9 rings (SSSR count). The minimum atomic E-state index is 0.923. The molecule has 4 aromatic heterocycles. The molecule has 48 heavy (non-hydrogen) atoms. The second-order valence-electron chi connectivity index (χ2n) is 11.8. The van der Waals surface area contributed by atoms with Gasteiger partial charge in [-0.25, -0.2) is 4.98 Å². The fourth-order valence-electron chi connectivity index (χ4n) is 6.56. The van der Waals surface area contributed by atoms with Crippen molar-refractivity contribution < 1.29 is 0 Å². The van der Waals surface area contributed by atoms with Gasteiger partial charge in [0.2, 0.25) is 0 Å². The number of benzene rings is 5. The molecule has 226 valence electrons. The first kappa shape index (κ1) is 27.7. The molecule has 5 heteroatoms. The highest BCUT2D eigenvalue weighted by atomic mass is 15.1. The summed E-state index contributed by atoms with van der Waals surface area (Å²) < 4.78 is 2.17. The standard InChI is InChI=1S/C43H29N5/c1-3-10-33(11-4-1)43-42(46-39-15-7-8-27-47(39)43)32-20-24-38(25-21-32)48(36-13-5-2-6-14-36)37-22-18-30(19-23-37)35-28-34-17-16-31-12-9-26-44-40(31)41(34)45-29-35/h1-29H. The van der Waals surface area contributed by atoms with E-state index in [0.717, 1.165) is 78.2 Å². The lowest BCUT2D eigenvalue weighted by Gasteiger charge is -2.26. The molecule has 0 aliphatic heterocycles. The van der Waals surface area contributed by atoms with Crippen LogP contribution in [0.1, 0.15) is 0 Å². The first-order valence-electron chi connectivity index (χ1n) is 16.0. The summed E-state index contributed by atoms with van der Waals surface area (Å²) in [4.78, 5) is 16.8. The van der Waals surface area contributed by atoms with Crippen LogP contribution in [-0.2, 0) is 0 Å². The predicted octanol–water partition coefficient (Wildman–Crippen LogP) is 10.9. The first-order chi connectivity index (χ1) is 23.8. The van der Waals surface area contributed by atoms with Crippen molar-refractivity contribution in [2.75, 3.05) is 4.90 Å². The van der Waals surface area contributed by atoms with Crippen molar-refractivity contribution >= 4 is 44.5 Å². The Hall–Kier alpha value is -6.59. The van der Waals surface area contributed by atoms with Crippen LogP contribution < -0.4 is 4.90 Å². The maximum Gasteiger partial charge on any atom is 0.137 e. The largest absolute Gasteiger partial charge is 0.311 e. The molecule has 0 saturated carbocycles. The third-order valence-corrected chi connectivity index (χ3v) is 8.87. The van der Waals surface area contributed by atoms with Crippen LogP contribution in [0.15, 0.2) is 176 Å². The minimum Gasteiger partial charge on any atom is -0.311 e. The third-order valence-electron chi connectivity index (χ3n) is 8.87. The van der Waals surface area contributed by atoms with Crippen molar-refractivity contribution in [3.05, 3.63) is 176 Å². The van der Waals surface area contributed by atoms with Crippen LogP contribution in [-0.4, -0.2) is 19.4 Å². The highest BCUT2D eigenvalue weighted by Crippen LogP contribution is 2.38. The number of imidazole rings is 1. The fraction of sp³-hybridized carbons (Fsp3) is 0. The van der Waals surface area contributed by atoms with Crippen LogP contribution in [0.5, 0.6) is 0 Å². The average molecular weight is 616 g/mol. The number of para-hydroxylation sites is 1. The topological polar surface area (TPSA) is 46.3 Å². The predicted molar refractivity (Wildman–Crippen MR) is 197 cm³/mol. The second kappa shape index (κ2) is 11.6. The molecule has 0 N–H and O–H groups in total. The zero-order valence-electron chi connectivity index (χ0n) is 26.0. The second-order valence-corrected chi connectivity index (χ2v) is 11.8. The Morgan fingerprint density at radius 2 is 1.10 bits per heavy atom. The number of pyridine rings is 3. The van der Waals surface area contributed by atoms with Gasteiger partial charge in [-0.1, -0.05) is 97.1 Å². The highest BCUT2D eigenvalue weighted by molar-refractivity contribution is 6.03. The van der Waals surface area contributed by atoms with Gasteiger partial charge in [0.1, 0.15) is 5.65 Å². The van der Waals surface area contributed by atoms with Gasteiger partial charge in [0.15, 0.2) is 0 Å². The Kier molecular flexibility index (Phi) is 6.72. The molecule has 4 heterocycles. The molecule has 5 aromatic carbocycles. The van der Waals surface area contributed by atoms with Gasteiger partial charge in [-0.15, -0.1) is 0 Å². The molecule has 0 saturated heterocycles. The van der Waals surface area contributed by atoms with E-state index < -0.39 is 0 Å². The van der Waals surface area contributed by atoms with Crippen LogP contribution in [0, 0.1) is 0 Å². The van der Waals surface area contributed by atoms with Gasteiger partial charge >= 0.3 is 0 Å². The average Bonchev–Trinajstić information content (AvgIpc) is 3.56. The summed E-state index contributed by atoms with van der Waals surface area (Å²) in [5.41, 5.74) is 12.4. The summed E-state index contributed by atoms with van der Waals surface area (Å²) in [6.07, 6.45) is 5.85. The number of fused-ring (bicyclic) bond motifs is 4. The van der Waals surface area contributed by atoms with Crippen molar-refractivity contribution in [1.82, 2.24) is 19.4 Å². The van der Waals surface area contributed by atoms with Gasteiger partial charge in [0.25, 0.3) is 0 Å². The summed E-state index contributed by atoms with van der Waals surface area (Å²) in [6.45, 7) is 0. The molecule has 0 aliphatic rings. The fourth-order valence-corrected chi connectivity index (χ4v) is 6.56. The first-order valence-corrected chi connectivity index (χ1v) is 16.0. The van der Waals surface area contributed by atoms with Crippen LogP contribution >= 0.6 is 0 Å². The smallest absolute Gasteiger partial charge is 0.137 e. The monoisotopic (exact) mass is 615 g/mol. The molecular formula is C43H29N5. The lowest BCUT2D eigenvalue weighted by atomic mass is 10.0. The number of anilines is 3.